The van der Waals surface area contributed by atoms with Crippen LogP contribution in [-0.2, 0) is 0 Å². The number of hydrogen-bond acceptors (Lipinski definition) is 2. The summed E-state index contributed by atoms with van der Waals surface area (Å²) in [5.41, 5.74) is 7.98. The normalized spacial score (nSPS) is 11.9. The molecule has 0 spiro atoms. The van der Waals surface area contributed by atoms with Crippen LogP contribution < -0.4 is 11.1 Å². The van der Waals surface area contributed by atoms with Crippen molar-refractivity contribution in [1.29, 1.82) is 0 Å². The zero-order valence-electron chi connectivity index (χ0n) is 25.7. The monoisotopic (exact) mass is 614 g/mol. The molecule has 10 rings (SSSR count). The Kier molecular flexibility index (Phi) is 5.55. The molecule has 0 fully saturated rings. The highest BCUT2D eigenvalue weighted by Gasteiger charge is 2.19. The van der Waals surface area contributed by atoms with E-state index in [0.29, 0.717) is 16.3 Å². The molecule has 4 heteroatoms. The van der Waals surface area contributed by atoms with Gasteiger partial charge >= 0.3 is 0 Å². The summed E-state index contributed by atoms with van der Waals surface area (Å²) in [6, 6.07) is 53.9. The number of nitrogens with zero attached hydrogens (tertiary/aromatic N) is 2. The van der Waals surface area contributed by atoms with Crippen LogP contribution in [0.5, 0.6) is 0 Å². The topological polar surface area (TPSA) is 43.5 Å². The molecule has 0 aliphatic heterocycles. The maximum Gasteiger partial charge on any atom is 0.266 e. The van der Waals surface area contributed by atoms with Gasteiger partial charge in [0.15, 0.2) is 0 Å². The first kappa shape index (κ1) is 26.7. The molecule has 0 unspecified atom stereocenters. The standard InChI is InChI=1S/C44H26N2O2/c47-43-35-15-6-4-12-32(35)38-25-30(26-39-33-13-5-7-16-36(33)44(48)46(43)42(38)39)28-18-21-31(22-19-28)45-40-17-9-8-14-34(40)37-24-29(20-23-41(37)45)27-10-2-1-3-11-27/h1-26H. The zero-order chi connectivity index (χ0) is 31.9. The van der Waals surface area contributed by atoms with Crippen molar-refractivity contribution in [3.8, 4) is 27.9 Å². The fourth-order valence-corrected chi connectivity index (χ4v) is 7.66. The number of para-hydroxylation sites is 1. The van der Waals surface area contributed by atoms with E-state index in [0.717, 1.165) is 49.4 Å². The maximum atomic E-state index is 13.7. The Morgan fingerprint density at radius 2 is 0.812 bits per heavy atom. The van der Waals surface area contributed by atoms with Crippen molar-refractivity contribution in [3.63, 3.8) is 0 Å². The Bertz CT molecular complexity index is 2930. The lowest BCUT2D eigenvalue weighted by molar-refractivity contribution is 1.09. The lowest BCUT2D eigenvalue weighted by Gasteiger charge is -2.15. The minimum absolute atomic E-state index is 0.280. The Morgan fingerprint density at radius 1 is 0.333 bits per heavy atom. The number of benzene rings is 7. The second kappa shape index (κ2) is 9.99. The first-order valence-corrected chi connectivity index (χ1v) is 16.1. The lowest BCUT2D eigenvalue weighted by atomic mass is 9.94. The van der Waals surface area contributed by atoms with Crippen molar-refractivity contribution < 1.29 is 0 Å². The van der Waals surface area contributed by atoms with Crippen molar-refractivity contribution in [2.45, 2.75) is 0 Å². The van der Waals surface area contributed by atoms with E-state index in [4.69, 9.17) is 0 Å². The molecule has 0 amide bonds. The quantitative estimate of drug-likeness (QED) is 0.147. The summed E-state index contributed by atoms with van der Waals surface area (Å²) in [7, 11) is 0. The molecule has 224 valence electrons. The molecule has 0 saturated carbocycles. The van der Waals surface area contributed by atoms with Gasteiger partial charge < -0.3 is 4.57 Å². The number of hydrogen-bond donors (Lipinski definition) is 0. The molecule has 0 saturated heterocycles. The first-order valence-electron chi connectivity index (χ1n) is 16.1. The molecule has 0 radical (unpaired) electrons. The molecule has 48 heavy (non-hydrogen) atoms. The van der Waals surface area contributed by atoms with Gasteiger partial charge in [0.25, 0.3) is 11.1 Å². The van der Waals surface area contributed by atoms with Gasteiger partial charge in [-0.15, -0.1) is 0 Å². The molecule has 0 N–H and O–H groups in total. The fraction of sp³-hybridized carbons (Fsp3) is 0. The van der Waals surface area contributed by atoms with Crippen LogP contribution in [0.25, 0.3) is 87.6 Å². The van der Waals surface area contributed by atoms with Crippen LogP contribution in [-0.4, -0.2) is 8.97 Å². The van der Waals surface area contributed by atoms with E-state index < -0.39 is 0 Å². The number of aromatic nitrogens is 2. The summed E-state index contributed by atoms with van der Waals surface area (Å²) in [6.07, 6.45) is 0. The highest BCUT2D eigenvalue weighted by atomic mass is 16.2. The van der Waals surface area contributed by atoms with Crippen LogP contribution in [0, 0.1) is 0 Å². The van der Waals surface area contributed by atoms with E-state index in [9.17, 15) is 9.59 Å². The lowest BCUT2D eigenvalue weighted by Crippen LogP contribution is -2.27. The van der Waals surface area contributed by atoms with Crippen LogP contribution >= 0.6 is 0 Å². The van der Waals surface area contributed by atoms with Crippen LogP contribution in [0.15, 0.2) is 167 Å². The SMILES string of the molecule is O=c1c2ccccc2c2cc(-c3ccc(-n4c5ccccc5c5cc(-c6ccccc6)ccc54)cc3)cc3c4ccccc4c(=O)n1c23. The van der Waals surface area contributed by atoms with Gasteiger partial charge in [-0.05, 0) is 87.6 Å². The summed E-state index contributed by atoms with van der Waals surface area (Å²) in [5, 5.41) is 6.99. The van der Waals surface area contributed by atoms with Gasteiger partial charge in [-0.2, -0.15) is 0 Å². The highest BCUT2D eigenvalue weighted by Crippen LogP contribution is 2.37. The minimum atomic E-state index is -0.280. The molecule has 3 heterocycles. The van der Waals surface area contributed by atoms with Crippen LogP contribution in [0.4, 0.5) is 0 Å². The van der Waals surface area contributed by atoms with Gasteiger partial charge in [0.2, 0.25) is 0 Å². The predicted molar refractivity (Wildman–Crippen MR) is 199 cm³/mol. The molecule has 0 aliphatic rings. The van der Waals surface area contributed by atoms with E-state index in [2.05, 4.69) is 108 Å². The third kappa shape index (κ3) is 3.71. The van der Waals surface area contributed by atoms with Crippen molar-refractivity contribution in [3.05, 3.63) is 178 Å². The highest BCUT2D eigenvalue weighted by molar-refractivity contribution is 6.19. The molecule has 10 aromatic rings. The maximum absolute atomic E-state index is 13.7. The molecule has 0 aliphatic carbocycles. The number of rotatable bonds is 3. The number of fused-ring (bicyclic) bond motifs is 7. The van der Waals surface area contributed by atoms with Gasteiger partial charge in [-0.3, -0.25) is 9.59 Å². The smallest absolute Gasteiger partial charge is 0.266 e. The molecule has 7 aromatic carbocycles. The zero-order valence-corrected chi connectivity index (χ0v) is 25.7. The van der Waals surface area contributed by atoms with Gasteiger partial charge in [0.05, 0.1) is 16.6 Å². The van der Waals surface area contributed by atoms with Crippen molar-refractivity contribution in [2.24, 2.45) is 0 Å². The van der Waals surface area contributed by atoms with Gasteiger partial charge in [0, 0.05) is 38.0 Å². The number of pyridine rings is 2. The molecule has 4 nitrogen and oxygen atoms in total. The summed E-state index contributed by atoms with van der Waals surface area (Å²) in [6.45, 7) is 0. The van der Waals surface area contributed by atoms with E-state index in [-0.39, 0.29) is 11.1 Å². The molecular weight excluding hydrogens is 588 g/mol. The summed E-state index contributed by atoms with van der Waals surface area (Å²) >= 11 is 0. The summed E-state index contributed by atoms with van der Waals surface area (Å²) in [4.78, 5) is 27.4. The van der Waals surface area contributed by atoms with E-state index in [1.54, 1.807) is 0 Å². The van der Waals surface area contributed by atoms with Crippen molar-refractivity contribution in [2.75, 3.05) is 0 Å². The molecule has 0 bridgehead atoms. The minimum Gasteiger partial charge on any atom is -0.309 e. The predicted octanol–water partition coefficient (Wildman–Crippen LogP) is 9.99. The van der Waals surface area contributed by atoms with Crippen LogP contribution in [0.3, 0.4) is 0 Å². The molecule has 0 atom stereocenters. The fourth-order valence-electron chi connectivity index (χ4n) is 7.66. The van der Waals surface area contributed by atoms with E-state index in [1.807, 2.05) is 54.6 Å². The average Bonchev–Trinajstić information content (AvgIpc) is 3.48. The Balaban J connectivity index is 1.19. The van der Waals surface area contributed by atoms with Crippen molar-refractivity contribution in [1.82, 2.24) is 8.97 Å². The van der Waals surface area contributed by atoms with Gasteiger partial charge in [-0.1, -0.05) is 103 Å². The first-order chi connectivity index (χ1) is 23.7. The van der Waals surface area contributed by atoms with E-state index >= 15 is 0 Å². The second-order valence-electron chi connectivity index (χ2n) is 12.5. The third-order valence-electron chi connectivity index (χ3n) is 9.87. The van der Waals surface area contributed by atoms with Crippen LogP contribution in [0.2, 0.25) is 0 Å². The van der Waals surface area contributed by atoms with E-state index in [1.165, 1.54) is 26.3 Å². The summed E-state index contributed by atoms with van der Waals surface area (Å²) < 4.78 is 3.70. The van der Waals surface area contributed by atoms with Gasteiger partial charge in [-0.25, -0.2) is 4.40 Å². The molecular formula is C44H26N2O2. The Hall–Kier alpha value is -6.52. The Morgan fingerprint density at radius 3 is 1.46 bits per heavy atom. The van der Waals surface area contributed by atoms with Gasteiger partial charge in [0.1, 0.15) is 0 Å². The largest absolute Gasteiger partial charge is 0.309 e. The summed E-state index contributed by atoms with van der Waals surface area (Å²) in [5.74, 6) is 0. The third-order valence-corrected chi connectivity index (χ3v) is 9.87. The average molecular weight is 615 g/mol. The Labute approximate surface area is 274 Å². The van der Waals surface area contributed by atoms with Crippen LogP contribution in [0.1, 0.15) is 0 Å². The van der Waals surface area contributed by atoms with Crippen molar-refractivity contribution >= 4 is 59.6 Å². The molecule has 3 aromatic heterocycles. The second-order valence-corrected chi connectivity index (χ2v) is 12.5.